The molecule has 9 heteroatoms. The first-order valence-electron chi connectivity index (χ1n) is 11.3. The van der Waals surface area contributed by atoms with E-state index in [0.29, 0.717) is 29.4 Å². The highest BCUT2D eigenvalue weighted by molar-refractivity contribution is 6.30. The molecule has 2 aromatic carbocycles. The molecule has 2 heterocycles. The van der Waals surface area contributed by atoms with Crippen molar-refractivity contribution in [2.45, 2.75) is 32.7 Å². The van der Waals surface area contributed by atoms with Gasteiger partial charge in [0, 0.05) is 22.3 Å². The van der Waals surface area contributed by atoms with E-state index in [1.165, 1.54) is 22.8 Å². The van der Waals surface area contributed by atoms with E-state index in [2.05, 4.69) is 12.2 Å². The van der Waals surface area contributed by atoms with Crippen LogP contribution in [-0.4, -0.2) is 23.0 Å². The summed E-state index contributed by atoms with van der Waals surface area (Å²) in [6.45, 7) is 4.29. The van der Waals surface area contributed by atoms with E-state index in [1.54, 1.807) is 13.1 Å². The molecule has 0 spiro atoms. The van der Waals surface area contributed by atoms with Crippen LogP contribution in [0.5, 0.6) is 5.75 Å². The number of pyridine rings is 1. The van der Waals surface area contributed by atoms with E-state index in [4.69, 9.17) is 22.1 Å². The molecule has 2 amide bonds. The zero-order valence-corrected chi connectivity index (χ0v) is 20.1. The second-order valence-electron chi connectivity index (χ2n) is 8.69. The minimum Gasteiger partial charge on any atom is -0.491 e. The van der Waals surface area contributed by atoms with Gasteiger partial charge in [0.2, 0.25) is 5.91 Å². The Labute approximate surface area is 206 Å². The number of amides is 2. The summed E-state index contributed by atoms with van der Waals surface area (Å²) in [5, 5.41) is 3.16. The Morgan fingerprint density at radius 1 is 1.23 bits per heavy atom. The van der Waals surface area contributed by atoms with Crippen LogP contribution in [0.1, 0.15) is 42.2 Å². The SMILES string of the molecule is CCC(C(=O)Nc1ccc(C(N)=O)c(F)c1)n1cc2c(cc1=O)-c1cc(Cl)ccc1CC(C)CO2. The first-order chi connectivity index (χ1) is 16.7. The molecule has 0 fully saturated rings. The maximum absolute atomic E-state index is 14.1. The lowest BCUT2D eigenvalue weighted by Gasteiger charge is -2.25. The number of nitrogens with two attached hydrogens (primary N) is 1. The zero-order valence-electron chi connectivity index (χ0n) is 19.3. The van der Waals surface area contributed by atoms with Crippen LogP contribution in [0, 0.1) is 11.7 Å². The van der Waals surface area contributed by atoms with Crippen molar-refractivity contribution in [3.05, 3.63) is 81.0 Å². The fourth-order valence-corrected chi connectivity index (χ4v) is 4.44. The molecular formula is C26H25ClFN3O4. The van der Waals surface area contributed by atoms with E-state index in [-0.39, 0.29) is 22.7 Å². The third-order valence-electron chi connectivity index (χ3n) is 6.03. The van der Waals surface area contributed by atoms with Gasteiger partial charge in [-0.3, -0.25) is 19.0 Å². The molecule has 4 rings (SSSR count). The third-order valence-corrected chi connectivity index (χ3v) is 6.26. The number of carbonyl (C=O) groups is 2. The second-order valence-corrected chi connectivity index (χ2v) is 9.13. The molecule has 182 valence electrons. The molecule has 1 aliphatic rings. The standard InChI is InChI=1S/C26H25ClFN3O4/c1-3-22(26(34)30-17-6-7-18(25(29)33)21(28)10-17)31-12-23-20(11-24(31)32)19-9-16(27)5-4-15(19)8-14(2)13-35-23/h4-7,9-12,14,22H,3,8,13H2,1-2H3,(H2,29,33)(H,30,34). The first kappa shape index (κ1) is 24.5. The fourth-order valence-electron chi connectivity index (χ4n) is 4.27. The van der Waals surface area contributed by atoms with Crippen LogP contribution in [0.15, 0.2) is 53.5 Å². The largest absolute Gasteiger partial charge is 0.491 e. The van der Waals surface area contributed by atoms with Gasteiger partial charge in [-0.2, -0.15) is 0 Å². The Morgan fingerprint density at radius 2 is 2.00 bits per heavy atom. The molecule has 1 aliphatic heterocycles. The summed E-state index contributed by atoms with van der Waals surface area (Å²) in [5.41, 5.74) is 7.12. The predicted octanol–water partition coefficient (Wildman–Crippen LogP) is 4.57. The van der Waals surface area contributed by atoms with Crippen molar-refractivity contribution < 1.29 is 18.7 Å². The molecule has 0 bridgehead atoms. The number of rotatable bonds is 5. The maximum atomic E-state index is 14.1. The van der Waals surface area contributed by atoms with Gasteiger partial charge in [0.05, 0.1) is 18.4 Å². The molecule has 0 radical (unpaired) electrons. The predicted molar refractivity (Wildman–Crippen MR) is 132 cm³/mol. The summed E-state index contributed by atoms with van der Waals surface area (Å²) in [7, 11) is 0. The van der Waals surface area contributed by atoms with Crippen molar-refractivity contribution in [3.8, 4) is 16.9 Å². The average molecular weight is 498 g/mol. The number of fused-ring (bicyclic) bond motifs is 3. The van der Waals surface area contributed by atoms with E-state index in [1.807, 2.05) is 18.2 Å². The van der Waals surface area contributed by atoms with Gasteiger partial charge in [-0.05, 0) is 60.2 Å². The van der Waals surface area contributed by atoms with Crippen LogP contribution in [-0.2, 0) is 11.2 Å². The summed E-state index contributed by atoms with van der Waals surface area (Å²) in [6, 6.07) is 9.77. The van der Waals surface area contributed by atoms with E-state index in [9.17, 15) is 18.8 Å². The number of anilines is 1. The van der Waals surface area contributed by atoms with E-state index >= 15 is 0 Å². The molecular weight excluding hydrogens is 473 g/mol. The van der Waals surface area contributed by atoms with E-state index < -0.39 is 23.7 Å². The Hall–Kier alpha value is -3.65. The minimum atomic E-state index is -0.906. The normalized spacial score (nSPS) is 15.6. The number of halogens is 2. The molecule has 2 atom stereocenters. The van der Waals surface area contributed by atoms with Crippen LogP contribution in [0.25, 0.3) is 11.1 Å². The molecule has 35 heavy (non-hydrogen) atoms. The lowest BCUT2D eigenvalue weighted by molar-refractivity contribution is -0.119. The van der Waals surface area contributed by atoms with Crippen LogP contribution in [0.2, 0.25) is 5.02 Å². The lowest BCUT2D eigenvalue weighted by atomic mass is 9.92. The Kier molecular flexibility index (Phi) is 6.93. The quantitative estimate of drug-likeness (QED) is 0.539. The first-order valence-corrected chi connectivity index (χ1v) is 11.6. The van der Waals surface area contributed by atoms with Crippen molar-refractivity contribution in [1.82, 2.24) is 4.57 Å². The Morgan fingerprint density at radius 3 is 2.69 bits per heavy atom. The Bertz CT molecular complexity index is 1370. The lowest BCUT2D eigenvalue weighted by Crippen LogP contribution is -2.33. The van der Waals surface area contributed by atoms with Crippen LogP contribution < -0.4 is 21.3 Å². The highest BCUT2D eigenvalue weighted by Crippen LogP contribution is 2.37. The summed E-state index contributed by atoms with van der Waals surface area (Å²) < 4.78 is 21.5. The second kappa shape index (κ2) is 9.92. The Balaban J connectivity index is 1.71. The van der Waals surface area contributed by atoms with Gasteiger partial charge in [0.25, 0.3) is 11.5 Å². The van der Waals surface area contributed by atoms with Gasteiger partial charge in [-0.25, -0.2) is 4.39 Å². The fraction of sp³-hybridized carbons (Fsp3) is 0.269. The molecule has 2 unspecified atom stereocenters. The van der Waals surface area contributed by atoms with Crippen molar-refractivity contribution in [1.29, 1.82) is 0 Å². The number of primary amides is 1. The number of carbonyl (C=O) groups excluding carboxylic acids is 2. The van der Waals surface area contributed by atoms with Gasteiger partial charge in [0.1, 0.15) is 17.6 Å². The minimum absolute atomic E-state index is 0.142. The number of nitrogens with one attached hydrogen (secondary N) is 1. The zero-order chi connectivity index (χ0) is 25.3. The van der Waals surface area contributed by atoms with Gasteiger partial charge in [0.15, 0.2) is 0 Å². The van der Waals surface area contributed by atoms with Crippen LogP contribution >= 0.6 is 11.6 Å². The van der Waals surface area contributed by atoms with Crippen LogP contribution in [0.4, 0.5) is 10.1 Å². The molecule has 7 nitrogen and oxygen atoms in total. The topological polar surface area (TPSA) is 103 Å². The van der Waals surface area contributed by atoms with Crippen molar-refractivity contribution in [3.63, 3.8) is 0 Å². The molecule has 0 aliphatic carbocycles. The van der Waals surface area contributed by atoms with Gasteiger partial charge in [-0.15, -0.1) is 0 Å². The van der Waals surface area contributed by atoms with Crippen molar-refractivity contribution in [2.75, 3.05) is 11.9 Å². The molecule has 1 aromatic heterocycles. The number of nitrogens with zero attached hydrogens (tertiary/aromatic N) is 1. The number of ether oxygens (including phenoxy) is 1. The summed E-state index contributed by atoms with van der Waals surface area (Å²) in [4.78, 5) is 37.5. The van der Waals surface area contributed by atoms with Gasteiger partial charge < -0.3 is 15.8 Å². The summed E-state index contributed by atoms with van der Waals surface area (Å²) in [6.07, 6.45) is 2.62. The highest BCUT2D eigenvalue weighted by Gasteiger charge is 2.25. The number of aromatic nitrogens is 1. The molecule has 3 N–H and O–H groups in total. The smallest absolute Gasteiger partial charge is 0.252 e. The van der Waals surface area contributed by atoms with Crippen molar-refractivity contribution >= 4 is 29.1 Å². The van der Waals surface area contributed by atoms with Gasteiger partial charge in [-0.1, -0.05) is 31.5 Å². The summed E-state index contributed by atoms with van der Waals surface area (Å²) >= 11 is 6.24. The van der Waals surface area contributed by atoms with Crippen LogP contribution in [0.3, 0.4) is 0 Å². The molecule has 0 saturated heterocycles. The average Bonchev–Trinajstić information content (AvgIpc) is 2.79. The number of hydrogen-bond donors (Lipinski definition) is 2. The van der Waals surface area contributed by atoms with Gasteiger partial charge >= 0.3 is 0 Å². The summed E-state index contributed by atoms with van der Waals surface area (Å²) in [5.74, 6) is -1.56. The number of benzene rings is 2. The third kappa shape index (κ3) is 5.07. The highest BCUT2D eigenvalue weighted by atomic mass is 35.5. The monoisotopic (exact) mass is 497 g/mol. The maximum Gasteiger partial charge on any atom is 0.252 e. The number of hydrogen-bond acceptors (Lipinski definition) is 4. The molecule has 0 saturated carbocycles. The van der Waals surface area contributed by atoms with Crippen molar-refractivity contribution in [2.24, 2.45) is 11.7 Å². The van der Waals surface area contributed by atoms with E-state index in [0.717, 1.165) is 23.6 Å². The molecule has 3 aromatic rings.